The van der Waals surface area contributed by atoms with Gasteiger partial charge < -0.3 is 65.1 Å². The van der Waals surface area contributed by atoms with Gasteiger partial charge in [-0.15, -0.1) is 0 Å². The topological polar surface area (TPSA) is 228 Å². The zero-order valence-electron chi connectivity index (χ0n) is 31.8. The van der Waals surface area contributed by atoms with Crippen molar-refractivity contribution in [3.05, 3.63) is 0 Å². The second-order valence-electron chi connectivity index (χ2n) is 14.8. The molecule has 308 valence electrons. The van der Waals surface area contributed by atoms with E-state index in [1.54, 1.807) is 0 Å². The number of hydrogen-bond acceptors (Lipinski definition) is 13. The van der Waals surface area contributed by atoms with E-state index in [4.69, 9.17) is 18.9 Å². The fraction of sp³-hybridized carbons (Fsp3) is 0.974. The number of nitrogens with one attached hydrogen (secondary N) is 1. The monoisotopic (exact) mass is 752 g/mol. The molecule has 0 aliphatic carbocycles. The first kappa shape index (κ1) is 47.1. The minimum Gasteiger partial charge on any atom is -0.394 e. The summed E-state index contributed by atoms with van der Waals surface area (Å²) in [6, 6.07) is -0.816. The number of ether oxygens (including phenoxy) is 4. The summed E-state index contributed by atoms with van der Waals surface area (Å²) in [5.41, 5.74) is 0. The van der Waals surface area contributed by atoms with Crippen molar-refractivity contribution in [1.82, 2.24) is 5.32 Å². The zero-order valence-corrected chi connectivity index (χ0v) is 31.8. The van der Waals surface area contributed by atoms with Crippen LogP contribution in [-0.2, 0) is 23.7 Å². The van der Waals surface area contributed by atoms with E-state index in [-0.39, 0.29) is 12.5 Å². The number of aliphatic hydroxyl groups is 8. The molecule has 0 aromatic heterocycles. The summed E-state index contributed by atoms with van der Waals surface area (Å²) in [6.45, 7) is 2.72. The number of amides is 1. The summed E-state index contributed by atoms with van der Waals surface area (Å²) in [7, 11) is 0. The number of carbonyl (C=O) groups is 1. The van der Waals surface area contributed by atoms with Gasteiger partial charge in [0.25, 0.3) is 0 Å². The molecule has 0 aromatic rings. The summed E-state index contributed by atoms with van der Waals surface area (Å²) >= 11 is 0. The van der Waals surface area contributed by atoms with E-state index in [1.807, 2.05) is 0 Å². The molecule has 0 spiro atoms. The lowest BCUT2D eigenvalue weighted by Gasteiger charge is -2.46. The van der Waals surface area contributed by atoms with Gasteiger partial charge in [0.1, 0.15) is 48.8 Å². The SMILES string of the molecule is CCCCCCCCCCCCCCCC(=O)NC(COC1OC(CO)C(OC2OC(CO)C(O)C(O)C2O)C(O)C1O)C(O)CCCCCCC. The smallest absolute Gasteiger partial charge is 0.220 e. The van der Waals surface area contributed by atoms with Gasteiger partial charge in [-0.3, -0.25) is 4.79 Å². The van der Waals surface area contributed by atoms with E-state index in [2.05, 4.69) is 19.2 Å². The van der Waals surface area contributed by atoms with Crippen LogP contribution in [0.15, 0.2) is 0 Å². The lowest BCUT2D eigenvalue weighted by molar-refractivity contribution is -0.359. The van der Waals surface area contributed by atoms with E-state index < -0.39 is 86.8 Å². The maximum absolute atomic E-state index is 13.0. The van der Waals surface area contributed by atoms with E-state index in [1.165, 1.54) is 57.8 Å². The van der Waals surface area contributed by atoms with Crippen LogP contribution in [0.3, 0.4) is 0 Å². The molecule has 1 amide bonds. The first-order valence-corrected chi connectivity index (χ1v) is 20.3. The molecule has 14 heteroatoms. The first-order valence-electron chi connectivity index (χ1n) is 20.3. The second-order valence-corrected chi connectivity index (χ2v) is 14.8. The second kappa shape index (κ2) is 27.6. The number of hydrogen-bond donors (Lipinski definition) is 9. The highest BCUT2D eigenvalue weighted by Crippen LogP contribution is 2.30. The Morgan fingerprint density at radius 3 is 1.63 bits per heavy atom. The molecule has 2 aliphatic heterocycles. The molecule has 2 saturated heterocycles. The molecule has 12 unspecified atom stereocenters. The number of aliphatic hydroxyl groups excluding tert-OH is 8. The first-order chi connectivity index (χ1) is 25.1. The Balaban J connectivity index is 1.87. The maximum atomic E-state index is 13.0. The fourth-order valence-corrected chi connectivity index (χ4v) is 6.88. The van der Waals surface area contributed by atoms with Crippen LogP contribution < -0.4 is 5.32 Å². The van der Waals surface area contributed by atoms with Crippen LogP contribution in [0, 0.1) is 0 Å². The molecule has 0 bridgehead atoms. The van der Waals surface area contributed by atoms with Gasteiger partial charge in [-0.2, -0.15) is 0 Å². The van der Waals surface area contributed by atoms with E-state index in [0.717, 1.165) is 57.8 Å². The summed E-state index contributed by atoms with van der Waals surface area (Å²) in [4.78, 5) is 13.0. The summed E-state index contributed by atoms with van der Waals surface area (Å²) < 4.78 is 22.5. The number of carbonyl (C=O) groups excluding carboxylic acids is 1. The fourth-order valence-electron chi connectivity index (χ4n) is 6.88. The third kappa shape index (κ3) is 16.8. The maximum Gasteiger partial charge on any atom is 0.220 e. The molecule has 2 rings (SSSR count). The highest BCUT2D eigenvalue weighted by molar-refractivity contribution is 5.76. The largest absolute Gasteiger partial charge is 0.394 e. The van der Waals surface area contributed by atoms with Gasteiger partial charge in [-0.05, 0) is 12.8 Å². The molecule has 9 N–H and O–H groups in total. The van der Waals surface area contributed by atoms with Crippen molar-refractivity contribution in [2.24, 2.45) is 0 Å². The van der Waals surface area contributed by atoms with Crippen molar-refractivity contribution in [3.8, 4) is 0 Å². The number of unbranched alkanes of at least 4 members (excludes halogenated alkanes) is 16. The van der Waals surface area contributed by atoms with Crippen molar-refractivity contribution >= 4 is 5.91 Å². The quantitative estimate of drug-likeness (QED) is 0.0501. The molecule has 2 fully saturated rings. The molecule has 0 saturated carbocycles. The summed E-state index contributed by atoms with van der Waals surface area (Å²) in [5.74, 6) is -0.215. The Kier molecular flexibility index (Phi) is 25.0. The Labute approximate surface area is 311 Å². The van der Waals surface area contributed by atoms with E-state index >= 15 is 0 Å². The summed E-state index contributed by atoms with van der Waals surface area (Å²) in [5, 5.41) is 85.9. The Hall–Kier alpha value is -1.01. The van der Waals surface area contributed by atoms with Crippen LogP contribution in [0.5, 0.6) is 0 Å². The van der Waals surface area contributed by atoms with Gasteiger partial charge in [0.15, 0.2) is 12.6 Å². The Morgan fingerprint density at radius 1 is 0.615 bits per heavy atom. The van der Waals surface area contributed by atoms with Crippen LogP contribution in [0.1, 0.15) is 142 Å². The minimum absolute atomic E-state index is 0.215. The normalized spacial score (nSPS) is 30.7. The lowest BCUT2D eigenvalue weighted by Crippen LogP contribution is -2.65. The molecule has 14 nitrogen and oxygen atoms in total. The van der Waals surface area contributed by atoms with Gasteiger partial charge >= 0.3 is 0 Å². The van der Waals surface area contributed by atoms with Crippen LogP contribution in [0.2, 0.25) is 0 Å². The van der Waals surface area contributed by atoms with Gasteiger partial charge in [-0.25, -0.2) is 0 Å². The molecule has 2 heterocycles. The van der Waals surface area contributed by atoms with Crippen LogP contribution in [0.25, 0.3) is 0 Å². The van der Waals surface area contributed by atoms with Gasteiger partial charge in [0, 0.05) is 6.42 Å². The van der Waals surface area contributed by atoms with Crippen molar-refractivity contribution in [3.63, 3.8) is 0 Å². The predicted octanol–water partition coefficient (Wildman–Crippen LogP) is 2.31. The van der Waals surface area contributed by atoms with Gasteiger partial charge in [0.2, 0.25) is 5.91 Å². The minimum atomic E-state index is -1.77. The molecule has 52 heavy (non-hydrogen) atoms. The average molecular weight is 752 g/mol. The van der Waals surface area contributed by atoms with Crippen LogP contribution >= 0.6 is 0 Å². The zero-order chi connectivity index (χ0) is 38.3. The Morgan fingerprint density at radius 2 is 1.10 bits per heavy atom. The van der Waals surface area contributed by atoms with E-state index in [0.29, 0.717) is 12.8 Å². The molecule has 0 radical (unpaired) electrons. The van der Waals surface area contributed by atoms with Crippen molar-refractivity contribution in [2.75, 3.05) is 19.8 Å². The molecular weight excluding hydrogens is 678 g/mol. The third-order valence-corrected chi connectivity index (χ3v) is 10.3. The van der Waals surface area contributed by atoms with Crippen molar-refractivity contribution in [1.29, 1.82) is 0 Å². The van der Waals surface area contributed by atoms with Crippen molar-refractivity contribution < 1.29 is 64.6 Å². The van der Waals surface area contributed by atoms with Gasteiger partial charge in [-0.1, -0.05) is 123 Å². The van der Waals surface area contributed by atoms with Gasteiger partial charge in [0.05, 0.1) is 32.0 Å². The Bertz CT molecular complexity index is 899. The highest BCUT2D eigenvalue weighted by atomic mass is 16.7. The molecule has 2 aliphatic rings. The van der Waals surface area contributed by atoms with E-state index in [9.17, 15) is 45.6 Å². The van der Waals surface area contributed by atoms with Crippen LogP contribution in [0.4, 0.5) is 0 Å². The summed E-state index contributed by atoms with van der Waals surface area (Å²) in [6.07, 6.45) is 4.64. The van der Waals surface area contributed by atoms with Crippen molar-refractivity contribution in [2.45, 2.75) is 216 Å². The average Bonchev–Trinajstić information content (AvgIpc) is 3.14. The standard InChI is InChI=1S/C38H73NO13/c1-3-5-7-9-10-11-12-13-14-15-16-18-20-22-30(43)39-26(27(42)21-19-17-8-6-4-2)25-49-37-35(48)33(46)36(29(24-41)51-37)52-38-34(47)32(45)31(44)28(23-40)50-38/h26-29,31-38,40-42,44-48H,3-25H2,1-2H3,(H,39,43). The third-order valence-electron chi connectivity index (χ3n) is 10.3. The van der Waals surface area contributed by atoms with Crippen LogP contribution in [-0.4, -0.2) is 140 Å². The molecule has 0 aromatic carbocycles. The number of rotatable bonds is 29. The predicted molar refractivity (Wildman–Crippen MR) is 194 cm³/mol. The molecule has 12 atom stereocenters. The lowest BCUT2D eigenvalue weighted by atomic mass is 9.97. The molecular formula is C38H73NO13. The highest BCUT2D eigenvalue weighted by Gasteiger charge is 2.50.